The smallest absolute Gasteiger partial charge is 0.240 e. The normalized spacial score (nSPS) is 14.0. The Morgan fingerprint density at radius 3 is 2.62 bits per heavy atom. The highest BCUT2D eigenvalue weighted by molar-refractivity contribution is 7.98. The number of benzene rings is 1. The van der Waals surface area contributed by atoms with Crippen LogP contribution < -0.4 is 15.2 Å². The van der Waals surface area contributed by atoms with Gasteiger partial charge in [0, 0.05) is 11.0 Å². The maximum absolute atomic E-state index is 5.88. The number of pyridine rings is 1. The Morgan fingerprint density at radius 1 is 1.19 bits per heavy atom. The molecule has 2 N–H and O–H groups in total. The van der Waals surface area contributed by atoms with E-state index in [-0.39, 0.29) is 0 Å². The van der Waals surface area contributed by atoms with Crippen LogP contribution in [0.2, 0.25) is 0 Å². The van der Waals surface area contributed by atoms with Crippen LogP contribution in [0.25, 0.3) is 0 Å². The molecule has 2 aromatic rings. The fourth-order valence-electron chi connectivity index (χ4n) is 1.85. The summed E-state index contributed by atoms with van der Waals surface area (Å²) in [5.41, 5.74) is 6.42. The van der Waals surface area contributed by atoms with Crippen LogP contribution in [0.1, 0.15) is 12.8 Å². The molecule has 1 aromatic heterocycles. The number of thioether (sulfide) groups is 1. The summed E-state index contributed by atoms with van der Waals surface area (Å²) in [4.78, 5) is 5.53. The van der Waals surface area contributed by atoms with Crippen LogP contribution in [0.5, 0.6) is 17.5 Å². The molecule has 0 atom stereocenters. The molecule has 0 spiro atoms. The van der Waals surface area contributed by atoms with Crippen molar-refractivity contribution in [2.75, 3.05) is 18.6 Å². The topological polar surface area (TPSA) is 57.4 Å². The molecule has 0 unspecified atom stereocenters. The van der Waals surface area contributed by atoms with Crippen LogP contribution >= 0.6 is 11.8 Å². The minimum atomic E-state index is 0.458. The summed E-state index contributed by atoms with van der Waals surface area (Å²) in [6.45, 7) is 0.684. The summed E-state index contributed by atoms with van der Waals surface area (Å²) in [7, 11) is 0. The number of nitrogen functional groups attached to an aromatic ring is 1. The van der Waals surface area contributed by atoms with E-state index >= 15 is 0 Å². The molecule has 0 radical (unpaired) electrons. The fraction of sp³-hybridized carbons (Fsp3) is 0.312. The zero-order valence-corrected chi connectivity index (χ0v) is 12.7. The first-order chi connectivity index (χ1) is 10.2. The van der Waals surface area contributed by atoms with E-state index in [1.54, 1.807) is 23.9 Å². The van der Waals surface area contributed by atoms with Crippen LogP contribution in [-0.2, 0) is 0 Å². The lowest BCUT2D eigenvalue weighted by Gasteiger charge is -2.10. The predicted molar refractivity (Wildman–Crippen MR) is 85.2 cm³/mol. The van der Waals surface area contributed by atoms with Crippen LogP contribution in [-0.4, -0.2) is 17.8 Å². The van der Waals surface area contributed by atoms with Crippen molar-refractivity contribution in [2.24, 2.45) is 5.92 Å². The number of rotatable bonds is 6. The zero-order chi connectivity index (χ0) is 14.7. The molecule has 0 aliphatic heterocycles. The third-order valence-corrected chi connectivity index (χ3v) is 4.04. The highest BCUT2D eigenvalue weighted by Gasteiger charge is 2.22. The van der Waals surface area contributed by atoms with Gasteiger partial charge in [0.1, 0.15) is 5.75 Å². The van der Waals surface area contributed by atoms with Gasteiger partial charge in [-0.1, -0.05) is 0 Å². The average Bonchev–Trinajstić information content (AvgIpc) is 3.33. The molecule has 5 heteroatoms. The monoisotopic (exact) mass is 302 g/mol. The van der Waals surface area contributed by atoms with Gasteiger partial charge in [0.2, 0.25) is 11.8 Å². The Morgan fingerprint density at radius 2 is 1.95 bits per heavy atom. The second-order valence-electron chi connectivity index (χ2n) is 5.08. The third-order valence-electron chi connectivity index (χ3n) is 3.30. The molecule has 21 heavy (non-hydrogen) atoms. The summed E-state index contributed by atoms with van der Waals surface area (Å²) < 4.78 is 11.4. The Hall–Kier alpha value is -1.88. The molecule has 1 aromatic carbocycles. The lowest BCUT2D eigenvalue weighted by atomic mass is 10.3. The number of hydrogen-bond donors (Lipinski definition) is 1. The minimum absolute atomic E-state index is 0.458. The van der Waals surface area contributed by atoms with Gasteiger partial charge in [0.25, 0.3) is 0 Å². The van der Waals surface area contributed by atoms with Crippen molar-refractivity contribution < 1.29 is 9.47 Å². The number of anilines is 1. The second kappa shape index (κ2) is 6.26. The second-order valence-corrected chi connectivity index (χ2v) is 5.96. The van der Waals surface area contributed by atoms with E-state index in [2.05, 4.69) is 4.98 Å². The highest BCUT2D eigenvalue weighted by Crippen LogP contribution is 2.31. The van der Waals surface area contributed by atoms with Gasteiger partial charge < -0.3 is 15.2 Å². The van der Waals surface area contributed by atoms with Crippen molar-refractivity contribution in [1.29, 1.82) is 0 Å². The summed E-state index contributed by atoms with van der Waals surface area (Å²) in [5.74, 6) is 2.36. The van der Waals surface area contributed by atoms with Crippen molar-refractivity contribution in [3.63, 3.8) is 0 Å². The molecule has 0 bridgehead atoms. The third kappa shape index (κ3) is 3.82. The Kier molecular flexibility index (Phi) is 4.20. The summed E-state index contributed by atoms with van der Waals surface area (Å²) in [5, 5.41) is 0. The lowest BCUT2D eigenvalue weighted by molar-refractivity contribution is 0.286. The molecule has 0 amide bonds. The molecular weight excluding hydrogens is 284 g/mol. The minimum Gasteiger partial charge on any atom is -0.476 e. The van der Waals surface area contributed by atoms with Crippen molar-refractivity contribution >= 4 is 17.4 Å². The molecule has 1 aliphatic carbocycles. The molecule has 1 saturated carbocycles. The standard InChI is InChI=1S/C16H18N2O2S/c1-21-13-6-4-12(5-7-13)20-15-9-8-14(17)16(18-15)19-10-11-2-3-11/h4-9,11H,2-3,10,17H2,1H3. The van der Waals surface area contributed by atoms with Gasteiger partial charge in [-0.15, -0.1) is 11.8 Å². The molecule has 110 valence electrons. The Labute approximate surface area is 128 Å². The van der Waals surface area contributed by atoms with E-state index in [9.17, 15) is 0 Å². The number of aromatic nitrogens is 1. The Balaban J connectivity index is 1.69. The first-order valence-electron chi connectivity index (χ1n) is 6.96. The largest absolute Gasteiger partial charge is 0.476 e. The molecule has 0 saturated heterocycles. The van der Waals surface area contributed by atoms with Gasteiger partial charge in [0.05, 0.1) is 12.3 Å². The molecule has 3 rings (SSSR count). The van der Waals surface area contributed by atoms with Crippen molar-refractivity contribution in [3.05, 3.63) is 36.4 Å². The molecule has 1 aliphatic rings. The van der Waals surface area contributed by atoms with Gasteiger partial charge in [-0.3, -0.25) is 0 Å². The molecule has 1 fully saturated rings. The van der Waals surface area contributed by atoms with Crippen LogP contribution in [0.15, 0.2) is 41.3 Å². The number of nitrogens with two attached hydrogens (primary N) is 1. The first-order valence-corrected chi connectivity index (χ1v) is 8.18. The van der Waals surface area contributed by atoms with Crippen LogP contribution in [0.4, 0.5) is 5.69 Å². The fourth-order valence-corrected chi connectivity index (χ4v) is 2.26. The van der Waals surface area contributed by atoms with Gasteiger partial charge >= 0.3 is 0 Å². The molecule has 4 nitrogen and oxygen atoms in total. The average molecular weight is 302 g/mol. The van der Waals surface area contributed by atoms with Crippen molar-refractivity contribution in [2.45, 2.75) is 17.7 Å². The summed E-state index contributed by atoms with van der Waals surface area (Å²) in [6.07, 6.45) is 4.51. The van der Waals surface area contributed by atoms with Crippen LogP contribution in [0.3, 0.4) is 0 Å². The number of ether oxygens (including phenoxy) is 2. The van der Waals surface area contributed by atoms with E-state index in [4.69, 9.17) is 15.2 Å². The van der Waals surface area contributed by atoms with Gasteiger partial charge in [-0.2, -0.15) is 4.98 Å². The maximum Gasteiger partial charge on any atom is 0.240 e. The number of hydrogen-bond acceptors (Lipinski definition) is 5. The number of nitrogens with zero attached hydrogens (tertiary/aromatic N) is 1. The van der Waals surface area contributed by atoms with Crippen LogP contribution in [0, 0.1) is 5.92 Å². The molecular formula is C16H18N2O2S. The quantitative estimate of drug-likeness (QED) is 0.818. The lowest BCUT2D eigenvalue weighted by Crippen LogP contribution is -2.04. The van der Waals surface area contributed by atoms with Gasteiger partial charge in [-0.25, -0.2) is 0 Å². The first kappa shape index (κ1) is 14.1. The van der Waals surface area contributed by atoms with Gasteiger partial charge in [0.15, 0.2) is 0 Å². The predicted octanol–water partition coefficient (Wildman–Crippen LogP) is 3.97. The van der Waals surface area contributed by atoms with E-state index in [1.165, 1.54) is 17.7 Å². The van der Waals surface area contributed by atoms with E-state index < -0.39 is 0 Å². The van der Waals surface area contributed by atoms with Crippen molar-refractivity contribution in [1.82, 2.24) is 4.98 Å². The zero-order valence-electron chi connectivity index (χ0n) is 11.9. The highest BCUT2D eigenvalue weighted by atomic mass is 32.2. The van der Waals surface area contributed by atoms with E-state index in [1.807, 2.05) is 30.5 Å². The molecule has 1 heterocycles. The van der Waals surface area contributed by atoms with Crippen molar-refractivity contribution in [3.8, 4) is 17.5 Å². The van der Waals surface area contributed by atoms with E-state index in [0.29, 0.717) is 30.0 Å². The van der Waals surface area contributed by atoms with E-state index in [0.717, 1.165) is 5.75 Å². The Bertz CT molecular complexity index is 612. The maximum atomic E-state index is 5.88. The summed E-state index contributed by atoms with van der Waals surface area (Å²) in [6, 6.07) is 11.4. The summed E-state index contributed by atoms with van der Waals surface area (Å²) >= 11 is 1.70. The SMILES string of the molecule is CSc1ccc(Oc2ccc(N)c(OCC3CC3)n2)cc1. The van der Waals surface area contributed by atoms with Gasteiger partial charge in [-0.05, 0) is 55.3 Å².